The van der Waals surface area contributed by atoms with E-state index in [1.54, 1.807) is 19.9 Å². The van der Waals surface area contributed by atoms with Gasteiger partial charge >= 0.3 is 5.97 Å². The SMILES string of the molecule is CCOC(=O)c1sc(NC(=O)c2cc(N3CCCCC3)ncn2)nc1C. The van der Waals surface area contributed by atoms with Crippen LogP contribution in [-0.4, -0.2) is 46.5 Å². The number of nitrogens with zero attached hydrogens (tertiary/aromatic N) is 4. The molecule has 1 saturated heterocycles. The van der Waals surface area contributed by atoms with Crippen LogP contribution in [0.1, 0.15) is 52.0 Å². The first kappa shape index (κ1) is 18.2. The standard InChI is InChI=1S/C17H21N5O3S/c1-3-25-16(24)14-11(2)20-17(26-14)21-15(23)12-9-13(19-10-18-12)22-7-5-4-6-8-22/h9-10H,3-8H2,1-2H3,(H,20,21,23). The molecule has 0 aromatic carbocycles. The minimum atomic E-state index is -0.433. The van der Waals surface area contributed by atoms with Gasteiger partial charge in [-0.15, -0.1) is 0 Å². The highest BCUT2D eigenvalue weighted by Crippen LogP contribution is 2.24. The topological polar surface area (TPSA) is 97.3 Å². The zero-order valence-corrected chi connectivity index (χ0v) is 15.6. The molecule has 0 atom stereocenters. The Kier molecular flexibility index (Phi) is 5.77. The average molecular weight is 375 g/mol. The number of thiazole rings is 1. The van der Waals surface area contributed by atoms with E-state index in [9.17, 15) is 9.59 Å². The number of hydrogen-bond donors (Lipinski definition) is 1. The van der Waals surface area contributed by atoms with Gasteiger partial charge in [-0.05, 0) is 33.1 Å². The summed E-state index contributed by atoms with van der Waals surface area (Å²) in [5.41, 5.74) is 0.798. The number of carbonyl (C=O) groups excluding carboxylic acids is 2. The first-order valence-electron chi connectivity index (χ1n) is 8.61. The fraction of sp³-hybridized carbons (Fsp3) is 0.471. The lowest BCUT2D eigenvalue weighted by Crippen LogP contribution is -2.30. The Bertz CT molecular complexity index is 801. The number of aromatic nitrogens is 3. The maximum Gasteiger partial charge on any atom is 0.350 e. The summed E-state index contributed by atoms with van der Waals surface area (Å²) in [6.07, 6.45) is 4.87. The van der Waals surface area contributed by atoms with Crippen LogP contribution in [0.15, 0.2) is 12.4 Å². The number of ether oxygens (including phenoxy) is 1. The molecule has 1 aliphatic rings. The van der Waals surface area contributed by atoms with Crippen molar-refractivity contribution in [1.29, 1.82) is 0 Å². The number of nitrogens with one attached hydrogen (secondary N) is 1. The minimum absolute atomic E-state index is 0.270. The maximum atomic E-state index is 12.5. The third-order valence-corrected chi connectivity index (χ3v) is 5.10. The zero-order valence-electron chi connectivity index (χ0n) is 14.8. The van der Waals surface area contributed by atoms with Crippen LogP contribution in [0.5, 0.6) is 0 Å². The van der Waals surface area contributed by atoms with Gasteiger partial charge in [-0.25, -0.2) is 19.7 Å². The number of esters is 1. The minimum Gasteiger partial charge on any atom is -0.462 e. The first-order valence-corrected chi connectivity index (χ1v) is 9.43. The Morgan fingerprint density at radius 3 is 2.77 bits per heavy atom. The van der Waals surface area contributed by atoms with Gasteiger partial charge in [0.2, 0.25) is 0 Å². The molecule has 2 aromatic rings. The average Bonchev–Trinajstić information content (AvgIpc) is 3.03. The van der Waals surface area contributed by atoms with Gasteiger partial charge in [0.25, 0.3) is 5.91 Å². The van der Waals surface area contributed by atoms with Crippen molar-refractivity contribution in [1.82, 2.24) is 15.0 Å². The van der Waals surface area contributed by atoms with E-state index in [0.29, 0.717) is 15.7 Å². The van der Waals surface area contributed by atoms with E-state index in [4.69, 9.17) is 4.74 Å². The van der Waals surface area contributed by atoms with Crippen molar-refractivity contribution in [3.05, 3.63) is 28.7 Å². The lowest BCUT2D eigenvalue weighted by molar-refractivity contribution is 0.0531. The Labute approximate surface area is 155 Å². The molecule has 0 unspecified atom stereocenters. The summed E-state index contributed by atoms with van der Waals surface area (Å²) >= 11 is 1.09. The molecule has 1 amide bonds. The molecule has 0 aliphatic carbocycles. The predicted molar refractivity (Wildman–Crippen MR) is 98.9 cm³/mol. The number of carbonyl (C=O) groups is 2. The predicted octanol–water partition coefficient (Wildman–Crippen LogP) is 2.66. The van der Waals surface area contributed by atoms with Gasteiger partial charge in [-0.3, -0.25) is 10.1 Å². The molecule has 9 heteroatoms. The highest BCUT2D eigenvalue weighted by atomic mass is 32.1. The largest absolute Gasteiger partial charge is 0.462 e. The fourth-order valence-corrected chi connectivity index (χ4v) is 3.62. The molecule has 8 nitrogen and oxygen atoms in total. The van der Waals surface area contributed by atoms with Crippen molar-refractivity contribution >= 4 is 34.2 Å². The van der Waals surface area contributed by atoms with Crippen LogP contribution in [0.4, 0.5) is 10.9 Å². The van der Waals surface area contributed by atoms with Gasteiger partial charge < -0.3 is 9.64 Å². The second-order valence-electron chi connectivity index (χ2n) is 5.92. The highest BCUT2D eigenvalue weighted by Gasteiger charge is 2.19. The number of amides is 1. The van der Waals surface area contributed by atoms with Crippen molar-refractivity contribution in [2.45, 2.75) is 33.1 Å². The maximum absolute atomic E-state index is 12.5. The van der Waals surface area contributed by atoms with E-state index >= 15 is 0 Å². The Balaban J connectivity index is 1.72. The fourth-order valence-electron chi connectivity index (χ4n) is 2.76. The van der Waals surface area contributed by atoms with E-state index in [0.717, 1.165) is 43.1 Å². The van der Waals surface area contributed by atoms with Crippen molar-refractivity contribution in [3.8, 4) is 0 Å². The van der Waals surface area contributed by atoms with Gasteiger partial charge in [0.15, 0.2) is 5.13 Å². The molecular formula is C17H21N5O3S. The van der Waals surface area contributed by atoms with Crippen LogP contribution in [0.2, 0.25) is 0 Å². The summed E-state index contributed by atoms with van der Waals surface area (Å²) < 4.78 is 4.99. The molecule has 1 aliphatic heterocycles. The molecule has 0 radical (unpaired) electrons. The Morgan fingerprint density at radius 2 is 2.04 bits per heavy atom. The van der Waals surface area contributed by atoms with E-state index in [-0.39, 0.29) is 18.2 Å². The van der Waals surface area contributed by atoms with Gasteiger partial charge in [0.05, 0.1) is 12.3 Å². The van der Waals surface area contributed by atoms with Crippen LogP contribution in [0, 0.1) is 6.92 Å². The smallest absolute Gasteiger partial charge is 0.350 e. The molecule has 26 heavy (non-hydrogen) atoms. The van der Waals surface area contributed by atoms with Crippen LogP contribution in [0.25, 0.3) is 0 Å². The quantitative estimate of drug-likeness (QED) is 0.802. The van der Waals surface area contributed by atoms with E-state index < -0.39 is 5.97 Å². The van der Waals surface area contributed by atoms with E-state index in [1.165, 1.54) is 12.7 Å². The summed E-state index contributed by atoms with van der Waals surface area (Å²) in [6, 6.07) is 1.69. The number of hydrogen-bond acceptors (Lipinski definition) is 8. The molecule has 1 N–H and O–H groups in total. The van der Waals surface area contributed by atoms with Gasteiger partial charge in [-0.1, -0.05) is 11.3 Å². The van der Waals surface area contributed by atoms with E-state index in [1.807, 2.05) is 0 Å². The van der Waals surface area contributed by atoms with Crippen molar-refractivity contribution < 1.29 is 14.3 Å². The summed E-state index contributed by atoms with van der Waals surface area (Å²) in [6.45, 7) is 5.61. The van der Waals surface area contributed by atoms with Gasteiger partial charge in [-0.2, -0.15) is 0 Å². The molecule has 138 valence electrons. The van der Waals surface area contributed by atoms with Gasteiger partial charge in [0.1, 0.15) is 22.7 Å². The van der Waals surface area contributed by atoms with Crippen LogP contribution >= 0.6 is 11.3 Å². The Hall–Kier alpha value is -2.55. The van der Waals surface area contributed by atoms with Crippen LogP contribution < -0.4 is 10.2 Å². The third-order valence-electron chi connectivity index (χ3n) is 4.04. The number of anilines is 2. The molecular weight excluding hydrogens is 354 g/mol. The van der Waals surface area contributed by atoms with Crippen molar-refractivity contribution in [2.75, 3.05) is 29.9 Å². The van der Waals surface area contributed by atoms with Gasteiger partial charge in [0, 0.05) is 19.2 Å². The monoisotopic (exact) mass is 375 g/mol. The molecule has 2 aromatic heterocycles. The normalized spacial score (nSPS) is 14.2. The summed E-state index contributed by atoms with van der Waals surface area (Å²) in [4.78, 5) is 39.5. The summed E-state index contributed by atoms with van der Waals surface area (Å²) in [5, 5.41) is 3.04. The highest BCUT2D eigenvalue weighted by molar-refractivity contribution is 7.17. The lowest BCUT2D eigenvalue weighted by Gasteiger charge is -2.27. The molecule has 1 fully saturated rings. The third kappa shape index (κ3) is 4.16. The summed E-state index contributed by atoms with van der Waals surface area (Å²) in [5.74, 6) is -0.0559. The summed E-state index contributed by atoms with van der Waals surface area (Å²) in [7, 11) is 0. The lowest BCUT2D eigenvalue weighted by atomic mass is 10.1. The molecule has 0 spiro atoms. The molecule has 0 saturated carbocycles. The second kappa shape index (κ2) is 8.22. The number of piperidine rings is 1. The molecule has 3 rings (SSSR count). The zero-order chi connectivity index (χ0) is 18.5. The van der Waals surface area contributed by atoms with Crippen molar-refractivity contribution in [3.63, 3.8) is 0 Å². The van der Waals surface area contributed by atoms with Crippen LogP contribution in [0.3, 0.4) is 0 Å². The van der Waals surface area contributed by atoms with Crippen LogP contribution in [-0.2, 0) is 4.74 Å². The second-order valence-corrected chi connectivity index (χ2v) is 6.92. The first-order chi connectivity index (χ1) is 12.6. The number of rotatable bonds is 5. The number of aryl methyl sites for hydroxylation is 1. The van der Waals surface area contributed by atoms with E-state index in [2.05, 4.69) is 25.2 Å². The Morgan fingerprint density at radius 1 is 1.27 bits per heavy atom. The van der Waals surface area contributed by atoms with Crippen molar-refractivity contribution in [2.24, 2.45) is 0 Å². The molecule has 3 heterocycles. The molecule has 0 bridgehead atoms.